The number of aromatic amines is 1. The van der Waals surface area contributed by atoms with Crippen molar-refractivity contribution in [2.24, 2.45) is 0 Å². The maximum Gasteiger partial charge on any atom is 0.323 e. The van der Waals surface area contributed by atoms with E-state index in [1.807, 2.05) is 48.5 Å². The van der Waals surface area contributed by atoms with E-state index in [1.165, 1.54) is 18.2 Å². The van der Waals surface area contributed by atoms with Crippen LogP contribution in [0.5, 0.6) is 0 Å². The number of hydrogen-bond acceptors (Lipinski definition) is 4. The Kier molecular flexibility index (Phi) is 6.22. The van der Waals surface area contributed by atoms with Crippen LogP contribution in [0.3, 0.4) is 0 Å². The van der Waals surface area contributed by atoms with E-state index >= 15 is 0 Å². The molecule has 1 saturated heterocycles. The predicted molar refractivity (Wildman–Crippen MR) is 145 cm³/mol. The molecular formula is C30H28ClN3O3. The maximum absolute atomic E-state index is 13.7. The molecule has 6 nitrogen and oxygen atoms in total. The molecule has 6 rings (SSSR count). The molecular weight excluding hydrogens is 486 g/mol. The first-order valence-electron chi connectivity index (χ1n) is 12.6. The number of rotatable bonds is 5. The highest BCUT2D eigenvalue weighted by atomic mass is 35.5. The van der Waals surface area contributed by atoms with E-state index in [1.54, 1.807) is 0 Å². The molecule has 1 aromatic heterocycles. The summed E-state index contributed by atoms with van der Waals surface area (Å²) in [5.74, 6) is -0.450. The lowest BCUT2D eigenvalue weighted by Gasteiger charge is -2.28. The van der Waals surface area contributed by atoms with Crippen LogP contribution in [0.25, 0.3) is 22.0 Å². The van der Waals surface area contributed by atoms with Gasteiger partial charge in [-0.15, -0.1) is 0 Å². The number of benzene rings is 3. The third-order valence-electron chi connectivity index (χ3n) is 7.70. The third-order valence-corrected chi connectivity index (χ3v) is 7.93. The zero-order valence-corrected chi connectivity index (χ0v) is 21.3. The second-order valence-corrected chi connectivity index (χ2v) is 10.3. The van der Waals surface area contributed by atoms with Crippen LogP contribution in [0, 0.1) is 0 Å². The molecule has 1 amide bonds. The summed E-state index contributed by atoms with van der Waals surface area (Å²) in [6.45, 7) is 0.594. The van der Waals surface area contributed by atoms with Crippen molar-refractivity contribution in [2.45, 2.75) is 37.4 Å². The molecule has 188 valence electrons. The van der Waals surface area contributed by atoms with Crippen LogP contribution < -0.4 is 5.32 Å². The van der Waals surface area contributed by atoms with Gasteiger partial charge in [0.1, 0.15) is 11.7 Å². The van der Waals surface area contributed by atoms with Gasteiger partial charge in [-0.05, 0) is 54.2 Å². The number of H-pyrrole nitrogens is 1. The first-order valence-corrected chi connectivity index (χ1v) is 13.0. The lowest BCUT2D eigenvalue weighted by atomic mass is 10.0. The SMILES string of the molecule is COC(=O)[C@@H]1C[C@H](NC(=O)c2[nH]c3ccc(Cl)cc3c2-c2ccccc2)CN1C1Cc2ccccc2C1. The van der Waals surface area contributed by atoms with Gasteiger partial charge in [0.25, 0.3) is 5.91 Å². The van der Waals surface area contributed by atoms with E-state index in [2.05, 4.69) is 39.5 Å². The molecule has 2 N–H and O–H groups in total. The lowest BCUT2D eigenvalue weighted by Crippen LogP contribution is -2.45. The van der Waals surface area contributed by atoms with E-state index in [0.717, 1.165) is 34.9 Å². The molecule has 0 saturated carbocycles. The number of methoxy groups -OCH3 is 1. The number of amides is 1. The highest BCUT2D eigenvalue weighted by molar-refractivity contribution is 6.31. The molecule has 0 unspecified atom stereocenters. The fraction of sp³-hybridized carbons (Fsp3) is 0.267. The number of carbonyl (C=O) groups is 2. The molecule has 1 fully saturated rings. The second-order valence-electron chi connectivity index (χ2n) is 9.90. The van der Waals surface area contributed by atoms with Crippen molar-refractivity contribution in [2.75, 3.05) is 13.7 Å². The number of ether oxygens (including phenoxy) is 1. The van der Waals surface area contributed by atoms with Gasteiger partial charge in [-0.1, -0.05) is 66.2 Å². The van der Waals surface area contributed by atoms with Gasteiger partial charge in [0.05, 0.1) is 7.11 Å². The van der Waals surface area contributed by atoms with Gasteiger partial charge in [-0.3, -0.25) is 14.5 Å². The topological polar surface area (TPSA) is 74.4 Å². The number of esters is 1. The zero-order chi connectivity index (χ0) is 25.5. The van der Waals surface area contributed by atoms with Crippen LogP contribution in [0.4, 0.5) is 0 Å². The minimum atomic E-state index is -0.385. The summed E-state index contributed by atoms with van der Waals surface area (Å²) in [5.41, 5.74) is 5.75. The molecule has 1 aliphatic carbocycles. The summed E-state index contributed by atoms with van der Waals surface area (Å²) in [6, 6.07) is 23.5. The molecule has 7 heteroatoms. The second kappa shape index (κ2) is 9.69. The molecule has 0 bridgehead atoms. The summed E-state index contributed by atoms with van der Waals surface area (Å²) < 4.78 is 5.16. The molecule has 2 aliphatic rings. The first-order chi connectivity index (χ1) is 18.0. The number of nitrogens with zero attached hydrogens (tertiary/aromatic N) is 1. The minimum Gasteiger partial charge on any atom is -0.468 e. The third kappa shape index (κ3) is 4.41. The largest absolute Gasteiger partial charge is 0.468 e. The normalized spacial score (nSPS) is 19.7. The van der Waals surface area contributed by atoms with E-state index in [4.69, 9.17) is 16.3 Å². The monoisotopic (exact) mass is 513 g/mol. The predicted octanol–water partition coefficient (Wildman–Crippen LogP) is 5.00. The molecule has 37 heavy (non-hydrogen) atoms. The number of likely N-dealkylation sites (tertiary alicyclic amines) is 1. The first kappa shape index (κ1) is 23.8. The average Bonchev–Trinajstić information content (AvgIpc) is 3.63. The fourth-order valence-corrected chi connectivity index (χ4v) is 6.18. The van der Waals surface area contributed by atoms with Gasteiger partial charge in [0, 0.05) is 40.1 Å². The number of fused-ring (bicyclic) bond motifs is 2. The van der Waals surface area contributed by atoms with Crippen molar-refractivity contribution >= 4 is 34.4 Å². The van der Waals surface area contributed by atoms with E-state index < -0.39 is 0 Å². The number of hydrogen-bond donors (Lipinski definition) is 2. The maximum atomic E-state index is 13.7. The summed E-state index contributed by atoms with van der Waals surface area (Å²) in [5, 5.41) is 4.72. The highest BCUT2D eigenvalue weighted by Crippen LogP contribution is 2.35. The summed E-state index contributed by atoms with van der Waals surface area (Å²) >= 11 is 6.31. The van der Waals surface area contributed by atoms with Gasteiger partial charge in [0.2, 0.25) is 0 Å². The van der Waals surface area contributed by atoms with Crippen molar-refractivity contribution in [1.82, 2.24) is 15.2 Å². The quantitative estimate of drug-likeness (QED) is 0.368. The van der Waals surface area contributed by atoms with Gasteiger partial charge in [-0.25, -0.2) is 0 Å². The van der Waals surface area contributed by atoms with E-state index in [0.29, 0.717) is 23.7 Å². The molecule has 0 spiro atoms. The Labute approximate surface area is 220 Å². The molecule has 4 aromatic rings. The van der Waals surface area contributed by atoms with Crippen molar-refractivity contribution in [1.29, 1.82) is 0 Å². The van der Waals surface area contributed by atoms with Crippen molar-refractivity contribution in [3.05, 3.63) is 94.6 Å². The van der Waals surface area contributed by atoms with Crippen LogP contribution in [0.15, 0.2) is 72.8 Å². The average molecular weight is 514 g/mol. The Bertz CT molecular complexity index is 1460. The fourth-order valence-electron chi connectivity index (χ4n) is 6.00. The van der Waals surface area contributed by atoms with Gasteiger partial charge in [-0.2, -0.15) is 0 Å². The van der Waals surface area contributed by atoms with Crippen LogP contribution >= 0.6 is 11.6 Å². The van der Waals surface area contributed by atoms with Crippen LogP contribution in [-0.4, -0.2) is 53.5 Å². The van der Waals surface area contributed by atoms with Gasteiger partial charge in [0.15, 0.2) is 0 Å². The summed E-state index contributed by atoms with van der Waals surface area (Å²) in [4.78, 5) is 32.0. The van der Waals surface area contributed by atoms with E-state index in [-0.39, 0.29) is 30.0 Å². The Morgan fingerprint density at radius 2 is 1.70 bits per heavy atom. The molecule has 1 aliphatic heterocycles. The highest BCUT2D eigenvalue weighted by Gasteiger charge is 2.43. The van der Waals surface area contributed by atoms with Crippen LogP contribution in [0.2, 0.25) is 5.02 Å². The number of halogens is 1. The number of carbonyl (C=O) groups excluding carboxylic acids is 2. The molecule has 0 radical (unpaired) electrons. The van der Waals surface area contributed by atoms with Crippen molar-refractivity contribution < 1.29 is 14.3 Å². The Balaban J connectivity index is 1.28. The van der Waals surface area contributed by atoms with Crippen molar-refractivity contribution in [3.63, 3.8) is 0 Å². The standard InChI is InChI=1S/C30H28ClN3O3/c1-37-30(36)26-16-22(17-34(26)23-13-19-9-5-6-10-20(19)14-23)32-29(35)28-27(18-7-3-2-4-8-18)24-15-21(31)11-12-25(24)33-28/h2-12,15,22-23,26,33H,13-14,16-17H2,1H3,(H,32,35)/t22-,26-/m0/s1. The zero-order valence-electron chi connectivity index (χ0n) is 20.5. The minimum absolute atomic E-state index is 0.182. The van der Waals surface area contributed by atoms with Gasteiger partial charge < -0.3 is 15.0 Å². The molecule has 2 heterocycles. The van der Waals surface area contributed by atoms with Gasteiger partial charge >= 0.3 is 5.97 Å². The Morgan fingerprint density at radius 1 is 1.00 bits per heavy atom. The van der Waals surface area contributed by atoms with E-state index in [9.17, 15) is 9.59 Å². The number of nitrogens with one attached hydrogen (secondary N) is 2. The summed E-state index contributed by atoms with van der Waals surface area (Å²) in [6.07, 6.45) is 2.30. The molecule has 2 atom stereocenters. The Morgan fingerprint density at radius 3 is 2.41 bits per heavy atom. The lowest BCUT2D eigenvalue weighted by molar-refractivity contribution is -0.146. The van der Waals surface area contributed by atoms with Crippen LogP contribution in [0.1, 0.15) is 28.0 Å². The van der Waals surface area contributed by atoms with Crippen LogP contribution in [-0.2, 0) is 22.4 Å². The summed E-state index contributed by atoms with van der Waals surface area (Å²) in [7, 11) is 1.43. The van der Waals surface area contributed by atoms with Crippen molar-refractivity contribution in [3.8, 4) is 11.1 Å². The Hall–Kier alpha value is -3.61. The smallest absolute Gasteiger partial charge is 0.323 e. The number of aromatic nitrogens is 1. The molecule has 3 aromatic carbocycles.